The molecule has 1 aromatic carbocycles. The lowest BCUT2D eigenvalue weighted by molar-refractivity contribution is -0.274. The first kappa shape index (κ1) is 13.2. The number of alkyl halides is 3. The van der Waals surface area contributed by atoms with Crippen LogP contribution in [0.1, 0.15) is 31.7 Å². The maximum atomic E-state index is 12.2. The van der Waals surface area contributed by atoms with Gasteiger partial charge in [0.2, 0.25) is 0 Å². The second-order valence-corrected chi connectivity index (χ2v) is 3.98. The Morgan fingerprint density at radius 3 is 2.50 bits per heavy atom. The first-order chi connectivity index (χ1) is 7.33. The molecule has 0 aliphatic rings. The van der Waals surface area contributed by atoms with Crippen LogP contribution in [0.5, 0.6) is 5.75 Å². The molecule has 1 rings (SSSR count). The molecule has 0 saturated carbocycles. The molecule has 0 aliphatic carbocycles. The summed E-state index contributed by atoms with van der Waals surface area (Å²) in [6.45, 7) is 3.74. The first-order valence-electron chi connectivity index (χ1n) is 4.88. The van der Waals surface area contributed by atoms with Gasteiger partial charge in [0.25, 0.3) is 0 Å². The third kappa shape index (κ3) is 3.59. The van der Waals surface area contributed by atoms with Gasteiger partial charge >= 0.3 is 6.36 Å². The number of ether oxygens (including phenoxy) is 1. The highest BCUT2D eigenvalue weighted by Crippen LogP contribution is 2.34. The summed E-state index contributed by atoms with van der Waals surface area (Å²) in [5.74, 6) is -0.219. The molecule has 0 fully saturated rings. The van der Waals surface area contributed by atoms with Gasteiger partial charge in [-0.3, -0.25) is 0 Å². The molecule has 5 heteroatoms. The molecule has 0 bridgehead atoms. The fourth-order valence-electron chi connectivity index (χ4n) is 1.35. The molecule has 0 aliphatic heterocycles. The predicted octanol–water partition coefficient (Wildman–Crippen LogP) is 4.75. The van der Waals surface area contributed by atoms with Crippen LogP contribution in [0.25, 0.3) is 0 Å². The van der Waals surface area contributed by atoms with Gasteiger partial charge in [-0.15, -0.1) is 13.2 Å². The highest BCUT2D eigenvalue weighted by Gasteiger charge is 2.32. The second-order valence-electron chi connectivity index (χ2n) is 3.54. The standard InChI is InChI=1S/C11H12ClF3O/c1-3-7(2)9-5-4-8(12)6-10(9)16-11(13,14)15/h4-7H,3H2,1-2H3. The maximum Gasteiger partial charge on any atom is 0.573 e. The molecule has 1 nitrogen and oxygen atoms in total. The van der Waals surface area contributed by atoms with Crippen molar-refractivity contribution in [1.29, 1.82) is 0 Å². The SMILES string of the molecule is CCC(C)c1ccc(Cl)cc1OC(F)(F)F. The Kier molecular flexibility index (Phi) is 4.08. The minimum Gasteiger partial charge on any atom is -0.405 e. The number of rotatable bonds is 3. The molecule has 0 heterocycles. The Balaban J connectivity index is 3.08. The molecule has 16 heavy (non-hydrogen) atoms. The minimum absolute atomic E-state index is 0.00498. The zero-order chi connectivity index (χ0) is 12.3. The van der Waals surface area contributed by atoms with E-state index in [9.17, 15) is 13.2 Å². The fraction of sp³-hybridized carbons (Fsp3) is 0.455. The summed E-state index contributed by atoms with van der Waals surface area (Å²) in [5.41, 5.74) is 0.518. The van der Waals surface area contributed by atoms with Gasteiger partial charge in [-0.2, -0.15) is 0 Å². The van der Waals surface area contributed by atoms with E-state index in [-0.39, 0.29) is 16.7 Å². The minimum atomic E-state index is -4.69. The van der Waals surface area contributed by atoms with E-state index in [0.717, 1.165) is 6.42 Å². The topological polar surface area (TPSA) is 9.23 Å². The van der Waals surface area contributed by atoms with E-state index < -0.39 is 6.36 Å². The van der Waals surface area contributed by atoms with E-state index in [4.69, 9.17) is 11.6 Å². The second kappa shape index (κ2) is 4.95. The van der Waals surface area contributed by atoms with Crippen molar-refractivity contribution in [3.8, 4) is 5.75 Å². The summed E-state index contributed by atoms with van der Waals surface area (Å²) in [6, 6.07) is 4.32. The summed E-state index contributed by atoms with van der Waals surface area (Å²) in [4.78, 5) is 0. The van der Waals surface area contributed by atoms with Crippen LogP contribution >= 0.6 is 11.6 Å². The number of hydrogen-bond donors (Lipinski definition) is 0. The first-order valence-corrected chi connectivity index (χ1v) is 5.26. The summed E-state index contributed by atoms with van der Waals surface area (Å²) in [6.07, 6.45) is -3.96. The van der Waals surface area contributed by atoms with E-state index in [0.29, 0.717) is 5.56 Å². The third-order valence-electron chi connectivity index (χ3n) is 2.34. The average Bonchev–Trinajstić information content (AvgIpc) is 2.14. The monoisotopic (exact) mass is 252 g/mol. The number of benzene rings is 1. The molecule has 0 amide bonds. The van der Waals surface area contributed by atoms with Gasteiger partial charge in [0, 0.05) is 5.02 Å². The van der Waals surface area contributed by atoms with Gasteiger partial charge in [-0.05, 0) is 30.0 Å². The van der Waals surface area contributed by atoms with Crippen LogP contribution in [0.4, 0.5) is 13.2 Å². The smallest absolute Gasteiger partial charge is 0.405 e. The zero-order valence-electron chi connectivity index (χ0n) is 8.94. The molecular weight excluding hydrogens is 241 g/mol. The van der Waals surface area contributed by atoms with Gasteiger partial charge in [0.1, 0.15) is 5.75 Å². The van der Waals surface area contributed by atoms with Crippen LogP contribution in [0.2, 0.25) is 5.02 Å². The molecule has 1 atom stereocenters. The van der Waals surface area contributed by atoms with Crippen molar-refractivity contribution < 1.29 is 17.9 Å². The Hall–Kier alpha value is -0.900. The lowest BCUT2D eigenvalue weighted by atomic mass is 9.98. The van der Waals surface area contributed by atoms with Gasteiger partial charge in [-0.1, -0.05) is 31.5 Å². The van der Waals surface area contributed by atoms with E-state index in [1.807, 2.05) is 13.8 Å². The van der Waals surface area contributed by atoms with Crippen LogP contribution in [0, 0.1) is 0 Å². The average molecular weight is 253 g/mol. The van der Waals surface area contributed by atoms with Crippen molar-refractivity contribution in [2.75, 3.05) is 0 Å². The number of halogens is 4. The molecular formula is C11H12ClF3O. The summed E-state index contributed by atoms with van der Waals surface area (Å²) < 4.78 is 40.4. The van der Waals surface area contributed by atoms with Gasteiger partial charge in [-0.25, -0.2) is 0 Å². The molecule has 1 unspecified atom stereocenters. The molecule has 0 N–H and O–H groups in total. The molecule has 90 valence electrons. The lowest BCUT2D eigenvalue weighted by Crippen LogP contribution is -2.18. The van der Waals surface area contributed by atoms with Gasteiger partial charge in [0.15, 0.2) is 0 Å². The highest BCUT2D eigenvalue weighted by molar-refractivity contribution is 6.30. The quantitative estimate of drug-likeness (QED) is 0.754. The van der Waals surface area contributed by atoms with Crippen molar-refractivity contribution in [2.24, 2.45) is 0 Å². The molecule has 0 spiro atoms. The van der Waals surface area contributed by atoms with Crippen LogP contribution < -0.4 is 4.74 Å². The molecule has 0 radical (unpaired) electrons. The zero-order valence-corrected chi connectivity index (χ0v) is 9.69. The summed E-state index contributed by atoms with van der Waals surface area (Å²) >= 11 is 5.65. The van der Waals surface area contributed by atoms with Crippen molar-refractivity contribution in [3.05, 3.63) is 28.8 Å². The van der Waals surface area contributed by atoms with E-state index in [2.05, 4.69) is 4.74 Å². The largest absolute Gasteiger partial charge is 0.573 e. The summed E-state index contributed by atoms with van der Waals surface area (Å²) in [5, 5.41) is 0.228. The van der Waals surface area contributed by atoms with Crippen LogP contribution in [0.3, 0.4) is 0 Å². The van der Waals surface area contributed by atoms with Crippen molar-refractivity contribution in [3.63, 3.8) is 0 Å². The molecule has 0 aromatic heterocycles. The van der Waals surface area contributed by atoms with E-state index in [1.54, 1.807) is 12.1 Å². The number of hydrogen-bond acceptors (Lipinski definition) is 1. The third-order valence-corrected chi connectivity index (χ3v) is 2.58. The van der Waals surface area contributed by atoms with Crippen molar-refractivity contribution in [2.45, 2.75) is 32.5 Å². The lowest BCUT2D eigenvalue weighted by Gasteiger charge is -2.17. The Morgan fingerprint density at radius 2 is 2.00 bits per heavy atom. The van der Waals surface area contributed by atoms with Crippen LogP contribution in [-0.4, -0.2) is 6.36 Å². The predicted molar refractivity (Wildman–Crippen MR) is 56.8 cm³/mol. The van der Waals surface area contributed by atoms with E-state index >= 15 is 0 Å². The maximum absolute atomic E-state index is 12.2. The fourth-order valence-corrected chi connectivity index (χ4v) is 1.51. The highest BCUT2D eigenvalue weighted by atomic mass is 35.5. The van der Waals surface area contributed by atoms with Crippen molar-refractivity contribution >= 4 is 11.6 Å². The van der Waals surface area contributed by atoms with Gasteiger partial charge < -0.3 is 4.74 Å². The van der Waals surface area contributed by atoms with E-state index in [1.165, 1.54) is 6.07 Å². The van der Waals surface area contributed by atoms with Crippen molar-refractivity contribution in [1.82, 2.24) is 0 Å². The van der Waals surface area contributed by atoms with Crippen LogP contribution in [-0.2, 0) is 0 Å². The normalized spacial score (nSPS) is 13.6. The molecule has 1 aromatic rings. The Labute approximate surface area is 97.2 Å². The van der Waals surface area contributed by atoms with Gasteiger partial charge in [0.05, 0.1) is 0 Å². The van der Waals surface area contributed by atoms with Crippen LogP contribution in [0.15, 0.2) is 18.2 Å². The molecule has 0 saturated heterocycles. The Morgan fingerprint density at radius 1 is 1.38 bits per heavy atom. The summed E-state index contributed by atoms with van der Waals surface area (Å²) in [7, 11) is 0. The Bertz CT molecular complexity index is 363.